The molecule has 0 aliphatic rings. The maximum Gasteiger partial charge on any atom is 0.270 e. The number of anilines is 1. The number of tetrazole rings is 1. The van der Waals surface area contributed by atoms with Crippen LogP contribution in [-0.4, -0.2) is 31.0 Å². The van der Waals surface area contributed by atoms with Crippen molar-refractivity contribution in [2.24, 2.45) is 0 Å². The Morgan fingerprint density at radius 3 is 2.85 bits per heavy atom. The molecule has 2 aromatic carbocycles. The zero-order chi connectivity index (χ0) is 19.4. The van der Waals surface area contributed by atoms with E-state index in [9.17, 15) is 20.2 Å². The zero-order valence-electron chi connectivity index (χ0n) is 13.9. The Kier molecular flexibility index (Phi) is 5.09. The summed E-state index contributed by atoms with van der Waals surface area (Å²) >= 11 is 1.10. The fourth-order valence-electron chi connectivity index (χ4n) is 2.23. The number of carbonyl (C=O) groups excluding carboxylic acids is 1. The van der Waals surface area contributed by atoms with Crippen LogP contribution in [0.1, 0.15) is 12.5 Å². The molecule has 0 radical (unpaired) electrons. The summed E-state index contributed by atoms with van der Waals surface area (Å²) < 4.78 is 1.44. The Morgan fingerprint density at radius 2 is 2.15 bits per heavy atom. The highest BCUT2D eigenvalue weighted by Crippen LogP contribution is 2.32. The molecule has 1 N–H and O–H groups in total. The molecule has 1 heterocycles. The van der Waals surface area contributed by atoms with Crippen molar-refractivity contribution in [2.45, 2.75) is 17.0 Å². The summed E-state index contributed by atoms with van der Waals surface area (Å²) in [4.78, 5) is 22.0. The van der Waals surface area contributed by atoms with E-state index < -0.39 is 4.92 Å². The highest BCUT2D eigenvalue weighted by molar-refractivity contribution is 7.99. The molecule has 0 atom stereocenters. The summed E-state index contributed by atoms with van der Waals surface area (Å²) in [7, 11) is 0. The predicted octanol–water partition coefficient (Wildman–Crippen LogP) is 2.55. The Morgan fingerprint density at radius 1 is 1.33 bits per heavy atom. The second-order valence-corrected chi connectivity index (χ2v) is 6.27. The quantitative estimate of drug-likeness (QED) is 0.525. The van der Waals surface area contributed by atoms with E-state index in [0.717, 1.165) is 11.8 Å². The lowest BCUT2D eigenvalue weighted by Gasteiger charge is -2.07. The van der Waals surface area contributed by atoms with Crippen LogP contribution < -0.4 is 5.32 Å². The van der Waals surface area contributed by atoms with Gasteiger partial charge >= 0.3 is 0 Å². The van der Waals surface area contributed by atoms with Gasteiger partial charge in [-0.15, -0.1) is 5.10 Å². The van der Waals surface area contributed by atoms with E-state index in [0.29, 0.717) is 21.4 Å². The monoisotopic (exact) mass is 381 g/mol. The summed E-state index contributed by atoms with van der Waals surface area (Å²) in [6.07, 6.45) is 0. The van der Waals surface area contributed by atoms with Gasteiger partial charge in [-0.25, -0.2) is 0 Å². The lowest BCUT2D eigenvalue weighted by Crippen LogP contribution is -2.07. The third-order valence-electron chi connectivity index (χ3n) is 3.35. The third kappa shape index (κ3) is 4.07. The first-order valence-corrected chi connectivity index (χ1v) is 8.32. The normalized spacial score (nSPS) is 10.2. The summed E-state index contributed by atoms with van der Waals surface area (Å²) in [5, 5.41) is 34.7. The lowest BCUT2D eigenvalue weighted by molar-refractivity contribution is -0.384. The molecule has 10 nitrogen and oxygen atoms in total. The van der Waals surface area contributed by atoms with Crippen LogP contribution in [0.3, 0.4) is 0 Å². The molecule has 1 amide bonds. The van der Waals surface area contributed by atoms with E-state index in [1.165, 1.54) is 29.8 Å². The first kappa shape index (κ1) is 18.0. The number of benzene rings is 2. The number of non-ortho nitro benzene ring substituents is 1. The molecule has 0 spiro atoms. The molecule has 3 rings (SSSR count). The molecule has 0 aliphatic heterocycles. The van der Waals surface area contributed by atoms with Crippen molar-refractivity contribution in [3.8, 4) is 11.8 Å². The van der Waals surface area contributed by atoms with E-state index in [2.05, 4.69) is 20.8 Å². The van der Waals surface area contributed by atoms with E-state index in [1.54, 1.807) is 24.3 Å². The van der Waals surface area contributed by atoms with Gasteiger partial charge in [0.15, 0.2) is 0 Å². The Labute approximate surface area is 157 Å². The molecule has 0 unspecified atom stereocenters. The molecule has 0 fully saturated rings. The topological polar surface area (TPSA) is 140 Å². The maximum absolute atomic E-state index is 11.2. The molecule has 3 aromatic rings. The fraction of sp³-hybridized carbons (Fsp3) is 0.0625. The van der Waals surface area contributed by atoms with Crippen LogP contribution in [0.25, 0.3) is 5.69 Å². The first-order chi connectivity index (χ1) is 13.0. The number of nitro groups is 1. The Hall–Kier alpha value is -3.78. The Balaban J connectivity index is 1.94. The van der Waals surface area contributed by atoms with Gasteiger partial charge in [0.05, 0.1) is 16.2 Å². The molecule has 0 bridgehead atoms. The smallest absolute Gasteiger partial charge is 0.270 e. The summed E-state index contributed by atoms with van der Waals surface area (Å²) in [6.45, 7) is 1.41. The van der Waals surface area contributed by atoms with Gasteiger partial charge in [-0.05, 0) is 46.5 Å². The number of nitrogens with one attached hydrogen (secondary N) is 1. The van der Waals surface area contributed by atoms with E-state index in [4.69, 9.17) is 0 Å². The van der Waals surface area contributed by atoms with Crippen molar-refractivity contribution in [3.05, 3.63) is 58.1 Å². The van der Waals surface area contributed by atoms with Crippen LogP contribution in [0.4, 0.5) is 11.4 Å². The number of nitro benzene ring substituents is 1. The van der Waals surface area contributed by atoms with Gasteiger partial charge in [-0.1, -0.05) is 6.07 Å². The molecule has 0 saturated heterocycles. The highest BCUT2D eigenvalue weighted by Gasteiger charge is 2.16. The largest absolute Gasteiger partial charge is 0.326 e. The summed E-state index contributed by atoms with van der Waals surface area (Å²) in [5.74, 6) is -0.206. The van der Waals surface area contributed by atoms with Crippen LogP contribution in [0.5, 0.6) is 0 Å². The average molecular weight is 381 g/mol. The second kappa shape index (κ2) is 7.63. The maximum atomic E-state index is 11.2. The number of rotatable bonds is 5. The molecule has 0 saturated carbocycles. The molecule has 0 aliphatic carbocycles. The fourth-order valence-corrected chi connectivity index (χ4v) is 3.08. The van der Waals surface area contributed by atoms with Gasteiger partial charge in [0.25, 0.3) is 5.69 Å². The van der Waals surface area contributed by atoms with Crippen LogP contribution >= 0.6 is 11.8 Å². The van der Waals surface area contributed by atoms with Crippen LogP contribution in [-0.2, 0) is 4.79 Å². The first-order valence-electron chi connectivity index (χ1n) is 7.50. The highest BCUT2D eigenvalue weighted by atomic mass is 32.2. The van der Waals surface area contributed by atoms with E-state index in [1.807, 2.05) is 6.07 Å². The zero-order valence-corrected chi connectivity index (χ0v) is 14.7. The van der Waals surface area contributed by atoms with E-state index >= 15 is 0 Å². The minimum absolute atomic E-state index is 0.149. The molecule has 134 valence electrons. The van der Waals surface area contributed by atoms with Gasteiger partial charge in [-0.3, -0.25) is 14.9 Å². The Bertz CT molecular complexity index is 1070. The van der Waals surface area contributed by atoms with Crippen molar-refractivity contribution in [2.75, 3.05) is 5.32 Å². The van der Waals surface area contributed by atoms with Gasteiger partial charge in [0.2, 0.25) is 11.1 Å². The SMILES string of the molecule is CC(=O)Nc1cccc(-n2nnnc2Sc2ccc([N+](=O)[O-])cc2C#N)c1. The number of hydrogen-bond donors (Lipinski definition) is 1. The lowest BCUT2D eigenvalue weighted by atomic mass is 10.2. The average Bonchev–Trinajstić information content (AvgIpc) is 3.09. The van der Waals surface area contributed by atoms with Crippen molar-refractivity contribution >= 4 is 29.0 Å². The molecular weight excluding hydrogens is 370 g/mol. The second-order valence-electron chi connectivity index (χ2n) is 5.26. The third-order valence-corrected chi connectivity index (χ3v) is 4.36. The number of nitrogens with zero attached hydrogens (tertiary/aromatic N) is 6. The number of aromatic nitrogens is 4. The minimum atomic E-state index is -0.563. The summed E-state index contributed by atoms with van der Waals surface area (Å²) in [6, 6.07) is 12.9. The molecular formula is C16H11N7O3S. The van der Waals surface area contributed by atoms with Gasteiger partial charge < -0.3 is 5.32 Å². The number of nitriles is 1. The van der Waals surface area contributed by atoms with Crippen LogP contribution in [0, 0.1) is 21.4 Å². The van der Waals surface area contributed by atoms with Crippen LogP contribution in [0.15, 0.2) is 52.5 Å². The molecule has 11 heteroatoms. The van der Waals surface area contributed by atoms with Crippen molar-refractivity contribution in [3.63, 3.8) is 0 Å². The number of amides is 1. The van der Waals surface area contributed by atoms with Gasteiger partial charge in [0, 0.05) is 29.6 Å². The molecule has 27 heavy (non-hydrogen) atoms. The molecule has 1 aromatic heterocycles. The standard InChI is InChI=1S/C16H11N7O3S/c1-10(24)18-12-3-2-4-13(8-12)22-16(19-20-21-22)27-15-6-5-14(23(25)26)7-11(15)9-17/h2-8H,1H3,(H,18,24). The number of carbonyl (C=O) groups is 1. The summed E-state index contributed by atoms with van der Waals surface area (Å²) in [5.41, 5.74) is 1.17. The van der Waals surface area contributed by atoms with Crippen molar-refractivity contribution in [1.82, 2.24) is 20.2 Å². The van der Waals surface area contributed by atoms with Crippen molar-refractivity contribution < 1.29 is 9.72 Å². The number of hydrogen-bond acceptors (Lipinski definition) is 8. The predicted molar refractivity (Wildman–Crippen MR) is 95.4 cm³/mol. The van der Waals surface area contributed by atoms with E-state index in [-0.39, 0.29) is 17.2 Å². The minimum Gasteiger partial charge on any atom is -0.326 e. The van der Waals surface area contributed by atoms with Crippen LogP contribution in [0.2, 0.25) is 0 Å². The van der Waals surface area contributed by atoms with Gasteiger partial charge in [0.1, 0.15) is 6.07 Å². The van der Waals surface area contributed by atoms with Gasteiger partial charge in [-0.2, -0.15) is 9.94 Å². The van der Waals surface area contributed by atoms with Crippen molar-refractivity contribution in [1.29, 1.82) is 5.26 Å².